The largest absolute Gasteiger partial charge is 0.493 e. The third-order valence-corrected chi connectivity index (χ3v) is 7.70. The van der Waals surface area contributed by atoms with E-state index >= 15 is 0 Å². The number of ether oxygens (including phenoxy) is 5. The first kappa shape index (κ1) is 26.6. The number of hydrogen-bond acceptors (Lipinski definition) is 7. The van der Waals surface area contributed by atoms with Gasteiger partial charge in [-0.2, -0.15) is 0 Å². The Bertz CT molecular complexity index is 1350. The maximum atomic E-state index is 13.1. The summed E-state index contributed by atoms with van der Waals surface area (Å²) >= 11 is 0. The van der Waals surface area contributed by atoms with Gasteiger partial charge in [-0.25, -0.2) is 0 Å². The van der Waals surface area contributed by atoms with E-state index in [1.807, 2.05) is 26.0 Å². The first-order valence-corrected chi connectivity index (χ1v) is 14.0. The number of methoxy groups -OCH3 is 1. The fourth-order valence-electron chi connectivity index (χ4n) is 5.19. The van der Waals surface area contributed by atoms with Crippen molar-refractivity contribution in [3.05, 3.63) is 83.2 Å². The van der Waals surface area contributed by atoms with Crippen LogP contribution in [0.3, 0.4) is 0 Å². The molecule has 40 heavy (non-hydrogen) atoms. The van der Waals surface area contributed by atoms with E-state index in [0.29, 0.717) is 55.9 Å². The molecule has 1 atom stereocenters. The van der Waals surface area contributed by atoms with Crippen molar-refractivity contribution in [1.82, 2.24) is 9.88 Å². The van der Waals surface area contributed by atoms with E-state index in [1.165, 1.54) is 18.4 Å². The van der Waals surface area contributed by atoms with Crippen molar-refractivity contribution < 1.29 is 28.5 Å². The van der Waals surface area contributed by atoms with Crippen LogP contribution < -0.4 is 14.2 Å². The summed E-state index contributed by atoms with van der Waals surface area (Å²) in [5.41, 5.74) is 4.04. The molecule has 6 rings (SSSR count). The molecule has 8 nitrogen and oxygen atoms in total. The van der Waals surface area contributed by atoms with E-state index in [0.717, 1.165) is 17.0 Å². The molecule has 0 radical (unpaired) electrons. The van der Waals surface area contributed by atoms with Crippen molar-refractivity contribution in [2.75, 3.05) is 33.4 Å². The van der Waals surface area contributed by atoms with Crippen LogP contribution in [-0.4, -0.2) is 61.1 Å². The number of nitrogens with zero attached hydrogens (tertiary/aromatic N) is 2. The summed E-state index contributed by atoms with van der Waals surface area (Å²) in [6.07, 6.45) is 4.06. The Morgan fingerprint density at radius 2 is 1.75 bits per heavy atom. The van der Waals surface area contributed by atoms with Crippen molar-refractivity contribution in [3.63, 3.8) is 0 Å². The second kappa shape index (κ2) is 11.1. The lowest BCUT2D eigenvalue weighted by molar-refractivity contribution is -0.141. The molecule has 1 unspecified atom stereocenters. The summed E-state index contributed by atoms with van der Waals surface area (Å²) in [6.45, 7) is 6.30. The minimum Gasteiger partial charge on any atom is -0.493 e. The highest BCUT2D eigenvalue weighted by atomic mass is 16.7. The third kappa shape index (κ3) is 6.08. The smallest absolute Gasteiger partial charge is 0.272 e. The second-order valence-electron chi connectivity index (χ2n) is 11.3. The predicted molar refractivity (Wildman–Crippen MR) is 149 cm³/mol. The Labute approximate surface area is 235 Å². The molecule has 8 heteroatoms. The maximum Gasteiger partial charge on any atom is 0.272 e. The van der Waals surface area contributed by atoms with Crippen LogP contribution in [-0.2, 0) is 16.1 Å². The lowest BCUT2D eigenvalue weighted by atomic mass is 9.91. The van der Waals surface area contributed by atoms with E-state index < -0.39 is 5.79 Å². The molecule has 0 bridgehead atoms. The van der Waals surface area contributed by atoms with E-state index in [-0.39, 0.29) is 17.9 Å². The summed E-state index contributed by atoms with van der Waals surface area (Å²) in [4.78, 5) is 19.2. The summed E-state index contributed by atoms with van der Waals surface area (Å²) in [7, 11) is 1.65. The van der Waals surface area contributed by atoms with Gasteiger partial charge in [-0.15, -0.1) is 0 Å². The molecule has 1 aromatic heterocycles. The maximum absolute atomic E-state index is 13.1. The van der Waals surface area contributed by atoms with Crippen LogP contribution in [0.4, 0.5) is 0 Å². The molecular weight excluding hydrogens is 508 g/mol. The fourth-order valence-corrected chi connectivity index (χ4v) is 5.19. The van der Waals surface area contributed by atoms with Gasteiger partial charge in [0.15, 0.2) is 17.3 Å². The van der Waals surface area contributed by atoms with Crippen LogP contribution in [0.15, 0.2) is 60.8 Å². The monoisotopic (exact) mass is 544 g/mol. The fraction of sp³-hybridized carbons (Fsp3) is 0.438. The first-order valence-electron chi connectivity index (χ1n) is 14.0. The van der Waals surface area contributed by atoms with Crippen LogP contribution in [0, 0.1) is 0 Å². The number of hydrogen-bond donors (Lipinski definition) is 0. The number of carbonyl (C=O) groups excluding carboxylic acids is 1. The van der Waals surface area contributed by atoms with Crippen molar-refractivity contribution in [3.8, 4) is 17.2 Å². The zero-order valence-electron chi connectivity index (χ0n) is 23.3. The molecule has 3 fully saturated rings. The molecular formula is C32H36N2O6. The Balaban J connectivity index is 1.01. The highest BCUT2D eigenvalue weighted by Crippen LogP contribution is 2.40. The minimum atomic E-state index is -0.597. The molecule has 0 spiro atoms. The molecule has 2 aliphatic heterocycles. The van der Waals surface area contributed by atoms with Gasteiger partial charge in [0.2, 0.25) is 0 Å². The highest BCUT2D eigenvalue weighted by molar-refractivity contribution is 5.93. The third-order valence-electron chi connectivity index (χ3n) is 7.70. The van der Waals surface area contributed by atoms with E-state index in [4.69, 9.17) is 23.7 Å². The zero-order chi connectivity index (χ0) is 27.7. The molecule has 3 aliphatic rings. The Morgan fingerprint density at radius 3 is 2.45 bits per heavy atom. The molecule has 1 aliphatic carbocycles. The number of rotatable bonds is 10. The van der Waals surface area contributed by atoms with Gasteiger partial charge in [0.05, 0.1) is 13.7 Å². The quantitative estimate of drug-likeness (QED) is 0.342. The van der Waals surface area contributed by atoms with Crippen LogP contribution in [0.25, 0.3) is 0 Å². The van der Waals surface area contributed by atoms with E-state index in [9.17, 15) is 4.79 Å². The molecule has 210 valence electrons. The van der Waals surface area contributed by atoms with Gasteiger partial charge in [0.1, 0.15) is 30.8 Å². The Morgan fingerprint density at radius 1 is 0.975 bits per heavy atom. The van der Waals surface area contributed by atoms with Crippen molar-refractivity contribution in [1.29, 1.82) is 0 Å². The van der Waals surface area contributed by atoms with Crippen molar-refractivity contribution in [2.45, 2.75) is 57.0 Å². The van der Waals surface area contributed by atoms with Gasteiger partial charge in [-0.05, 0) is 67.5 Å². The number of amides is 1. The Hall–Kier alpha value is -3.62. The standard InChI is InChI=1S/C32H36N2O6/c1-32(2)39-20-27(40-32)19-37-26-12-13-33-28(15-26)31(35)34-16-25(17-34)24-10-11-29(30(14-24)36-3)38-18-21-4-6-22(7-5-21)23-8-9-23/h4-7,10-15,23,25,27H,8-9,16-20H2,1-3H3. The number of likely N-dealkylation sites (tertiary alicyclic amines) is 1. The van der Waals surface area contributed by atoms with Gasteiger partial charge >= 0.3 is 0 Å². The van der Waals surface area contributed by atoms with Gasteiger partial charge in [0.25, 0.3) is 5.91 Å². The van der Waals surface area contributed by atoms with Crippen LogP contribution >= 0.6 is 0 Å². The van der Waals surface area contributed by atoms with Gasteiger partial charge in [0, 0.05) is 31.3 Å². The number of pyridine rings is 1. The number of benzene rings is 2. The molecule has 3 aromatic rings. The molecule has 0 N–H and O–H groups in total. The lowest BCUT2D eigenvalue weighted by Crippen LogP contribution is -2.48. The average Bonchev–Trinajstić information content (AvgIpc) is 3.73. The van der Waals surface area contributed by atoms with Crippen LogP contribution in [0.2, 0.25) is 0 Å². The number of carbonyl (C=O) groups is 1. The first-order chi connectivity index (χ1) is 19.4. The zero-order valence-corrected chi connectivity index (χ0v) is 23.3. The van der Waals surface area contributed by atoms with Gasteiger partial charge in [-0.3, -0.25) is 9.78 Å². The second-order valence-corrected chi connectivity index (χ2v) is 11.3. The predicted octanol–water partition coefficient (Wildman–Crippen LogP) is 5.32. The molecule has 2 aromatic carbocycles. The van der Waals surface area contributed by atoms with Gasteiger partial charge in [-0.1, -0.05) is 30.3 Å². The molecule has 3 heterocycles. The average molecular weight is 545 g/mol. The topological polar surface area (TPSA) is 79.4 Å². The van der Waals surface area contributed by atoms with E-state index in [1.54, 1.807) is 30.3 Å². The molecule has 1 amide bonds. The molecule has 1 saturated carbocycles. The number of aromatic nitrogens is 1. The summed E-state index contributed by atoms with van der Waals surface area (Å²) in [5, 5.41) is 0. The summed E-state index contributed by atoms with van der Waals surface area (Å²) < 4.78 is 28.9. The van der Waals surface area contributed by atoms with E-state index in [2.05, 4.69) is 35.3 Å². The highest BCUT2D eigenvalue weighted by Gasteiger charge is 2.34. The van der Waals surface area contributed by atoms with Crippen molar-refractivity contribution >= 4 is 5.91 Å². The Kier molecular flexibility index (Phi) is 7.38. The summed E-state index contributed by atoms with van der Waals surface area (Å²) in [5.74, 6) is 2.27. The van der Waals surface area contributed by atoms with Crippen LogP contribution in [0.1, 0.15) is 65.7 Å². The van der Waals surface area contributed by atoms with Crippen molar-refractivity contribution in [2.24, 2.45) is 0 Å². The summed E-state index contributed by atoms with van der Waals surface area (Å²) in [6, 6.07) is 18.2. The minimum absolute atomic E-state index is 0.108. The molecule has 2 saturated heterocycles. The normalized spacial score (nSPS) is 20.2. The van der Waals surface area contributed by atoms with Crippen LogP contribution in [0.5, 0.6) is 17.2 Å². The SMILES string of the molecule is COc1cc(C2CN(C(=O)c3cc(OCC4COC(C)(C)O4)ccn3)C2)ccc1OCc1ccc(C2CC2)cc1. The van der Waals surface area contributed by atoms with Gasteiger partial charge < -0.3 is 28.6 Å². The lowest BCUT2D eigenvalue weighted by Gasteiger charge is -2.39.